The summed E-state index contributed by atoms with van der Waals surface area (Å²) in [7, 11) is 0. The number of aliphatic hydroxyl groups excluding tert-OH is 1. The van der Waals surface area contributed by atoms with Crippen LogP contribution >= 0.6 is 0 Å². The van der Waals surface area contributed by atoms with Crippen molar-refractivity contribution in [1.82, 2.24) is 0 Å². The first-order chi connectivity index (χ1) is 6.86. The summed E-state index contributed by atoms with van der Waals surface area (Å²) in [6.07, 6.45) is 0. The molecule has 3 N–H and O–H groups in total. The van der Waals surface area contributed by atoms with Crippen molar-refractivity contribution in [3.05, 3.63) is 35.4 Å². The van der Waals surface area contributed by atoms with Gasteiger partial charge >= 0.3 is 0 Å². The lowest BCUT2D eigenvalue weighted by Crippen LogP contribution is -2.36. The standard InChI is InChI=1S/C9H9F4NO/c10-6-1-5(2-7(11)3-6)8(14)9(12,13)4-15/h1-3,8,15H,4,14H2/t8-/m0/s1. The van der Waals surface area contributed by atoms with Crippen LogP contribution < -0.4 is 5.73 Å². The molecule has 0 aromatic heterocycles. The van der Waals surface area contributed by atoms with E-state index in [-0.39, 0.29) is 0 Å². The SMILES string of the molecule is N[C@@H](c1cc(F)cc(F)c1)C(F)(F)CO. The first kappa shape index (κ1) is 11.9. The molecule has 0 heterocycles. The highest BCUT2D eigenvalue weighted by atomic mass is 19.3. The van der Waals surface area contributed by atoms with E-state index in [0.717, 1.165) is 0 Å². The van der Waals surface area contributed by atoms with Crippen LogP contribution in [0.1, 0.15) is 11.6 Å². The van der Waals surface area contributed by atoms with Gasteiger partial charge in [-0.05, 0) is 17.7 Å². The fraction of sp³-hybridized carbons (Fsp3) is 0.333. The van der Waals surface area contributed by atoms with Crippen LogP contribution in [0, 0.1) is 11.6 Å². The molecule has 1 aromatic rings. The average molecular weight is 223 g/mol. The minimum atomic E-state index is -3.61. The van der Waals surface area contributed by atoms with Gasteiger partial charge in [0.1, 0.15) is 18.2 Å². The van der Waals surface area contributed by atoms with E-state index >= 15 is 0 Å². The molecule has 0 unspecified atom stereocenters. The van der Waals surface area contributed by atoms with Gasteiger partial charge in [0.15, 0.2) is 0 Å². The summed E-state index contributed by atoms with van der Waals surface area (Å²) >= 11 is 0. The molecule has 0 aliphatic carbocycles. The van der Waals surface area contributed by atoms with Crippen LogP contribution in [0.2, 0.25) is 0 Å². The molecule has 1 rings (SSSR count). The van der Waals surface area contributed by atoms with Gasteiger partial charge in [-0.2, -0.15) is 0 Å². The Balaban J connectivity index is 3.06. The fourth-order valence-electron chi connectivity index (χ4n) is 1.10. The van der Waals surface area contributed by atoms with Crippen molar-refractivity contribution in [1.29, 1.82) is 0 Å². The molecule has 0 bridgehead atoms. The molecule has 0 saturated heterocycles. The average Bonchev–Trinajstić information content (AvgIpc) is 2.15. The first-order valence-corrected chi connectivity index (χ1v) is 4.07. The second-order valence-corrected chi connectivity index (χ2v) is 3.10. The van der Waals surface area contributed by atoms with E-state index in [1.807, 2.05) is 0 Å². The molecule has 0 fully saturated rings. The Morgan fingerprint density at radius 3 is 2.07 bits per heavy atom. The summed E-state index contributed by atoms with van der Waals surface area (Å²) in [6, 6.07) is 0.0229. The zero-order valence-electron chi connectivity index (χ0n) is 7.55. The van der Waals surface area contributed by atoms with E-state index in [4.69, 9.17) is 10.8 Å². The number of benzene rings is 1. The molecule has 0 amide bonds. The van der Waals surface area contributed by atoms with Gasteiger partial charge in [0.2, 0.25) is 0 Å². The predicted molar refractivity (Wildman–Crippen MR) is 45.3 cm³/mol. The maximum absolute atomic E-state index is 12.9. The van der Waals surface area contributed by atoms with Crippen LogP contribution in [-0.4, -0.2) is 17.6 Å². The molecular formula is C9H9F4NO. The van der Waals surface area contributed by atoms with Crippen LogP contribution in [0.15, 0.2) is 18.2 Å². The summed E-state index contributed by atoms with van der Waals surface area (Å²) in [4.78, 5) is 0. The van der Waals surface area contributed by atoms with Gasteiger partial charge in [-0.3, -0.25) is 0 Å². The van der Waals surface area contributed by atoms with E-state index in [2.05, 4.69) is 0 Å². The lowest BCUT2D eigenvalue weighted by molar-refractivity contribution is -0.0712. The van der Waals surface area contributed by atoms with Gasteiger partial charge in [0.05, 0.1) is 6.04 Å². The summed E-state index contributed by atoms with van der Waals surface area (Å²) in [5.74, 6) is -5.59. The van der Waals surface area contributed by atoms with E-state index in [1.165, 1.54) is 0 Å². The third kappa shape index (κ3) is 2.66. The van der Waals surface area contributed by atoms with Crippen molar-refractivity contribution in [3.8, 4) is 0 Å². The number of aliphatic hydroxyl groups is 1. The normalized spacial score (nSPS) is 14.0. The molecule has 1 atom stereocenters. The van der Waals surface area contributed by atoms with Crippen molar-refractivity contribution < 1.29 is 22.7 Å². The zero-order valence-corrected chi connectivity index (χ0v) is 7.55. The van der Waals surface area contributed by atoms with Gasteiger partial charge in [-0.1, -0.05) is 0 Å². The fourth-order valence-corrected chi connectivity index (χ4v) is 1.10. The van der Waals surface area contributed by atoms with Crippen LogP contribution in [0.25, 0.3) is 0 Å². The zero-order chi connectivity index (χ0) is 11.6. The largest absolute Gasteiger partial charge is 0.390 e. The second-order valence-electron chi connectivity index (χ2n) is 3.10. The summed E-state index contributed by atoms with van der Waals surface area (Å²) in [6.45, 7) is -1.48. The lowest BCUT2D eigenvalue weighted by Gasteiger charge is -2.21. The van der Waals surface area contributed by atoms with Gasteiger partial charge in [-0.25, -0.2) is 17.6 Å². The first-order valence-electron chi connectivity index (χ1n) is 4.07. The van der Waals surface area contributed by atoms with Crippen molar-refractivity contribution in [2.75, 3.05) is 6.61 Å². The van der Waals surface area contributed by atoms with Crippen molar-refractivity contribution in [3.63, 3.8) is 0 Å². The molecule has 0 spiro atoms. The molecule has 0 radical (unpaired) electrons. The van der Waals surface area contributed by atoms with Crippen LogP contribution in [-0.2, 0) is 0 Å². The summed E-state index contributed by atoms with van der Waals surface area (Å²) < 4.78 is 51.1. The molecular weight excluding hydrogens is 214 g/mol. The molecule has 0 aliphatic rings. The Hall–Kier alpha value is -1.14. The van der Waals surface area contributed by atoms with E-state index in [1.54, 1.807) is 0 Å². The molecule has 0 aliphatic heterocycles. The Morgan fingerprint density at radius 1 is 1.20 bits per heavy atom. The smallest absolute Gasteiger partial charge is 0.289 e. The van der Waals surface area contributed by atoms with Gasteiger partial charge in [-0.15, -0.1) is 0 Å². The third-order valence-electron chi connectivity index (χ3n) is 1.91. The maximum atomic E-state index is 12.9. The summed E-state index contributed by atoms with van der Waals surface area (Å²) in [5.41, 5.74) is 4.68. The van der Waals surface area contributed by atoms with Crippen molar-refractivity contribution in [2.45, 2.75) is 12.0 Å². The van der Waals surface area contributed by atoms with Crippen LogP contribution in [0.4, 0.5) is 17.6 Å². The Bertz CT molecular complexity index is 336. The van der Waals surface area contributed by atoms with Gasteiger partial charge in [0.25, 0.3) is 5.92 Å². The van der Waals surface area contributed by atoms with E-state index in [0.29, 0.717) is 18.2 Å². The number of rotatable bonds is 3. The quantitative estimate of drug-likeness (QED) is 0.764. The lowest BCUT2D eigenvalue weighted by atomic mass is 10.0. The molecule has 84 valence electrons. The number of nitrogens with two attached hydrogens (primary N) is 1. The molecule has 6 heteroatoms. The molecule has 1 aromatic carbocycles. The highest BCUT2D eigenvalue weighted by Crippen LogP contribution is 2.29. The highest BCUT2D eigenvalue weighted by Gasteiger charge is 2.37. The van der Waals surface area contributed by atoms with Crippen molar-refractivity contribution >= 4 is 0 Å². The minimum absolute atomic E-state index is 0.397. The maximum Gasteiger partial charge on any atom is 0.289 e. The predicted octanol–water partition coefficient (Wildman–Crippen LogP) is 1.59. The monoisotopic (exact) mass is 223 g/mol. The molecule has 0 saturated carbocycles. The number of hydrogen-bond acceptors (Lipinski definition) is 2. The van der Waals surface area contributed by atoms with E-state index in [9.17, 15) is 17.6 Å². The van der Waals surface area contributed by atoms with Crippen molar-refractivity contribution in [2.24, 2.45) is 5.73 Å². The summed E-state index contributed by atoms with van der Waals surface area (Å²) in [5, 5.41) is 8.35. The highest BCUT2D eigenvalue weighted by molar-refractivity contribution is 5.23. The molecule has 15 heavy (non-hydrogen) atoms. The topological polar surface area (TPSA) is 46.2 Å². The number of hydrogen-bond donors (Lipinski definition) is 2. The van der Waals surface area contributed by atoms with Crippen LogP contribution in [0.3, 0.4) is 0 Å². The second kappa shape index (κ2) is 4.16. The number of alkyl halides is 2. The van der Waals surface area contributed by atoms with E-state index < -0.39 is 35.8 Å². The molecule has 2 nitrogen and oxygen atoms in total. The number of halogens is 4. The van der Waals surface area contributed by atoms with Gasteiger partial charge in [0, 0.05) is 6.07 Å². The van der Waals surface area contributed by atoms with Crippen LogP contribution in [0.5, 0.6) is 0 Å². The Morgan fingerprint density at radius 2 is 1.67 bits per heavy atom. The Labute approximate surface area is 83.3 Å². The third-order valence-corrected chi connectivity index (χ3v) is 1.91. The van der Waals surface area contributed by atoms with Gasteiger partial charge < -0.3 is 10.8 Å². The Kier molecular flexibility index (Phi) is 3.31. The minimum Gasteiger partial charge on any atom is -0.390 e.